The summed E-state index contributed by atoms with van der Waals surface area (Å²) in [5.74, 6) is -2.36. The molecule has 0 spiro atoms. The molecule has 0 amide bonds. The molecule has 1 aromatic rings. The van der Waals surface area contributed by atoms with Gasteiger partial charge in [0.1, 0.15) is 11.6 Å². The standard InChI is InChI=1S/C11H14F2N2O2S/c1-11(3-2-4-11)15-18(16,17)10-8(12)5-7(14)6-9(10)13/h5-6,15H,2-4,14H2,1H3. The van der Waals surface area contributed by atoms with E-state index in [0.717, 1.165) is 18.6 Å². The van der Waals surface area contributed by atoms with E-state index in [-0.39, 0.29) is 5.69 Å². The molecule has 4 nitrogen and oxygen atoms in total. The van der Waals surface area contributed by atoms with Crippen LogP contribution >= 0.6 is 0 Å². The van der Waals surface area contributed by atoms with Gasteiger partial charge in [-0.25, -0.2) is 21.9 Å². The van der Waals surface area contributed by atoms with Gasteiger partial charge in [-0.1, -0.05) is 0 Å². The number of nitrogen functional groups attached to an aromatic ring is 1. The van der Waals surface area contributed by atoms with Gasteiger partial charge in [-0.3, -0.25) is 0 Å². The first-order valence-corrected chi connectivity index (χ1v) is 7.00. The Morgan fingerprint density at radius 1 is 1.28 bits per heavy atom. The van der Waals surface area contributed by atoms with Gasteiger partial charge in [-0.15, -0.1) is 0 Å². The van der Waals surface area contributed by atoms with E-state index in [2.05, 4.69) is 4.72 Å². The molecular weight excluding hydrogens is 262 g/mol. The fourth-order valence-electron chi connectivity index (χ4n) is 2.02. The molecule has 18 heavy (non-hydrogen) atoms. The van der Waals surface area contributed by atoms with Crippen LogP contribution in [0, 0.1) is 11.6 Å². The summed E-state index contributed by atoms with van der Waals surface area (Å²) in [7, 11) is -4.21. The van der Waals surface area contributed by atoms with Crippen LogP contribution in [0.3, 0.4) is 0 Å². The first-order valence-electron chi connectivity index (χ1n) is 5.52. The Hall–Kier alpha value is -1.21. The summed E-state index contributed by atoms with van der Waals surface area (Å²) in [6, 6.07) is 1.58. The number of benzene rings is 1. The number of hydrogen-bond acceptors (Lipinski definition) is 3. The van der Waals surface area contributed by atoms with Gasteiger partial charge in [0.05, 0.1) is 0 Å². The monoisotopic (exact) mass is 276 g/mol. The van der Waals surface area contributed by atoms with Gasteiger partial charge in [0, 0.05) is 11.2 Å². The fourth-order valence-corrected chi connectivity index (χ4v) is 3.61. The third-order valence-corrected chi connectivity index (χ3v) is 4.82. The average Bonchev–Trinajstić information content (AvgIpc) is 2.11. The minimum atomic E-state index is -4.21. The van der Waals surface area contributed by atoms with Gasteiger partial charge in [0.15, 0.2) is 4.90 Å². The highest BCUT2D eigenvalue weighted by molar-refractivity contribution is 7.89. The number of anilines is 1. The second-order valence-electron chi connectivity index (χ2n) is 4.83. The van der Waals surface area contributed by atoms with Crippen LogP contribution in [0.5, 0.6) is 0 Å². The average molecular weight is 276 g/mol. The van der Waals surface area contributed by atoms with Crippen molar-refractivity contribution in [3.8, 4) is 0 Å². The molecule has 0 aliphatic heterocycles. The van der Waals surface area contributed by atoms with Gasteiger partial charge in [0.25, 0.3) is 0 Å². The Morgan fingerprint density at radius 2 is 1.78 bits per heavy atom. The zero-order valence-corrected chi connectivity index (χ0v) is 10.7. The minimum Gasteiger partial charge on any atom is -0.399 e. The van der Waals surface area contributed by atoms with Crippen molar-refractivity contribution in [1.82, 2.24) is 4.72 Å². The quantitative estimate of drug-likeness (QED) is 0.826. The van der Waals surface area contributed by atoms with E-state index >= 15 is 0 Å². The topological polar surface area (TPSA) is 72.2 Å². The Kier molecular flexibility index (Phi) is 3.06. The summed E-state index contributed by atoms with van der Waals surface area (Å²) in [6.45, 7) is 1.71. The van der Waals surface area contributed by atoms with Crippen LogP contribution in [-0.4, -0.2) is 14.0 Å². The largest absolute Gasteiger partial charge is 0.399 e. The Morgan fingerprint density at radius 3 is 2.17 bits per heavy atom. The number of nitrogens with two attached hydrogens (primary N) is 1. The molecule has 1 aromatic carbocycles. The minimum absolute atomic E-state index is 0.154. The second kappa shape index (κ2) is 4.17. The van der Waals surface area contributed by atoms with Gasteiger partial charge in [0.2, 0.25) is 10.0 Å². The highest BCUT2D eigenvalue weighted by Gasteiger charge is 2.38. The highest BCUT2D eigenvalue weighted by atomic mass is 32.2. The number of hydrogen-bond donors (Lipinski definition) is 2. The van der Waals surface area contributed by atoms with E-state index in [4.69, 9.17) is 5.73 Å². The molecule has 0 saturated heterocycles. The molecule has 0 heterocycles. The highest BCUT2D eigenvalue weighted by Crippen LogP contribution is 2.33. The number of sulfonamides is 1. The Labute approximate surface area is 104 Å². The van der Waals surface area contributed by atoms with E-state index in [9.17, 15) is 17.2 Å². The molecule has 7 heteroatoms. The van der Waals surface area contributed by atoms with Crippen molar-refractivity contribution in [2.75, 3.05) is 5.73 Å². The molecule has 0 atom stereocenters. The van der Waals surface area contributed by atoms with Crippen molar-refractivity contribution < 1.29 is 17.2 Å². The lowest BCUT2D eigenvalue weighted by molar-refractivity contribution is 0.247. The van der Waals surface area contributed by atoms with E-state index in [1.54, 1.807) is 6.92 Å². The zero-order chi connectivity index (χ0) is 13.6. The zero-order valence-electron chi connectivity index (χ0n) is 9.83. The van der Waals surface area contributed by atoms with Crippen LogP contribution in [0.15, 0.2) is 17.0 Å². The molecule has 100 valence electrons. The number of nitrogens with one attached hydrogen (secondary N) is 1. The van der Waals surface area contributed by atoms with Crippen molar-refractivity contribution in [2.45, 2.75) is 36.6 Å². The summed E-state index contributed by atoms with van der Waals surface area (Å²) in [6.07, 6.45) is 2.21. The maximum absolute atomic E-state index is 13.6. The van der Waals surface area contributed by atoms with Crippen LogP contribution in [0.2, 0.25) is 0 Å². The molecule has 0 aromatic heterocycles. The number of rotatable bonds is 3. The molecule has 0 unspecified atom stereocenters. The van der Waals surface area contributed by atoms with Crippen LogP contribution < -0.4 is 10.5 Å². The third-order valence-electron chi connectivity index (χ3n) is 3.13. The lowest BCUT2D eigenvalue weighted by atomic mass is 9.80. The molecule has 3 N–H and O–H groups in total. The molecule has 1 aliphatic carbocycles. The van der Waals surface area contributed by atoms with Crippen molar-refractivity contribution in [3.63, 3.8) is 0 Å². The molecular formula is C11H14F2N2O2S. The molecule has 0 bridgehead atoms. The molecule has 0 radical (unpaired) electrons. The van der Waals surface area contributed by atoms with Gasteiger partial charge >= 0.3 is 0 Å². The van der Waals surface area contributed by atoms with E-state index in [1.807, 2.05) is 0 Å². The number of halogens is 2. The predicted molar refractivity (Wildman–Crippen MR) is 63.3 cm³/mol. The smallest absolute Gasteiger partial charge is 0.246 e. The first kappa shape index (κ1) is 13.2. The van der Waals surface area contributed by atoms with E-state index < -0.39 is 32.1 Å². The van der Waals surface area contributed by atoms with Crippen molar-refractivity contribution in [1.29, 1.82) is 0 Å². The van der Waals surface area contributed by atoms with Gasteiger partial charge < -0.3 is 5.73 Å². The molecule has 1 saturated carbocycles. The SMILES string of the molecule is CC1(NS(=O)(=O)c2c(F)cc(N)cc2F)CCC1. The van der Waals surface area contributed by atoms with Gasteiger partial charge in [-0.2, -0.15) is 0 Å². The predicted octanol–water partition coefficient (Wildman–Crippen LogP) is 1.77. The van der Waals surface area contributed by atoms with Gasteiger partial charge in [-0.05, 0) is 38.3 Å². The summed E-state index contributed by atoms with van der Waals surface area (Å²) in [5, 5.41) is 0. The maximum atomic E-state index is 13.6. The molecule has 1 aliphatic rings. The maximum Gasteiger partial charge on any atom is 0.246 e. The van der Waals surface area contributed by atoms with Crippen molar-refractivity contribution in [2.24, 2.45) is 0 Å². The Balaban J connectivity index is 2.41. The Bertz CT molecular complexity index is 560. The lowest BCUT2D eigenvalue weighted by Gasteiger charge is -2.38. The molecule has 1 fully saturated rings. The van der Waals surface area contributed by atoms with Crippen LogP contribution in [0.4, 0.5) is 14.5 Å². The third kappa shape index (κ3) is 2.32. The summed E-state index contributed by atoms with van der Waals surface area (Å²) < 4.78 is 53.4. The fraction of sp³-hybridized carbons (Fsp3) is 0.455. The van der Waals surface area contributed by atoms with Crippen molar-refractivity contribution in [3.05, 3.63) is 23.8 Å². The summed E-state index contributed by atoms with van der Waals surface area (Å²) in [5.41, 5.74) is 4.48. The van der Waals surface area contributed by atoms with Crippen LogP contribution in [-0.2, 0) is 10.0 Å². The normalized spacial score (nSPS) is 18.4. The van der Waals surface area contributed by atoms with E-state index in [1.165, 1.54) is 0 Å². The molecule has 2 rings (SSSR count). The lowest BCUT2D eigenvalue weighted by Crippen LogP contribution is -2.51. The van der Waals surface area contributed by atoms with Crippen LogP contribution in [0.25, 0.3) is 0 Å². The van der Waals surface area contributed by atoms with E-state index in [0.29, 0.717) is 12.8 Å². The van der Waals surface area contributed by atoms with Crippen molar-refractivity contribution >= 4 is 15.7 Å². The second-order valence-corrected chi connectivity index (χ2v) is 6.45. The summed E-state index contributed by atoms with van der Waals surface area (Å²) in [4.78, 5) is -0.968. The first-order chi connectivity index (χ1) is 8.23. The summed E-state index contributed by atoms with van der Waals surface area (Å²) >= 11 is 0. The van der Waals surface area contributed by atoms with Crippen LogP contribution in [0.1, 0.15) is 26.2 Å².